The Hall–Kier alpha value is -1.68. The van der Waals surface area contributed by atoms with Crippen LogP contribution in [0.2, 0.25) is 0 Å². The number of nitrogen functional groups attached to an aromatic ring is 1. The van der Waals surface area contributed by atoms with E-state index in [1.165, 1.54) is 11.3 Å². The Kier molecular flexibility index (Phi) is 2.51. The van der Waals surface area contributed by atoms with Gasteiger partial charge in [-0.05, 0) is 18.1 Å². The van der Waals surface area contributed by atoms with Crippen LogP contribution in [-0.4, -0.2) is 11.3 Å². The molecular formula is C11H10N2OS. The van der Waals surface area contributed by atoms with Crippen LogP contribution in [0.25, 0.3) is 10.4 Å². The normalized spacial score (nSPS) is 10.2. The summed E-state index contributed by atoms with van der Waals surface area (Å²) in [7, 11) is 0. The Morgan fingerprint density at radius 3 is 2.80 bits per heavy atom. The lowest BCUT2D eigenvalue weighted by Crippen LogP contribution is -1.87. The second kappa shape index (κ2) is 3.82. The van der Waals surface area contributed by atoms with E-state index in [1.54, 1.807) is 0 Å². The highest BCUT2D eigenvalue weighted by Gasteiger charge is 2.12. The van der Waals surface area contributed by atoms with Crippen LogP contribution in [0.15, 0.2) is 24.3 Å². The molecule has 1 heterocycles. The SMILES string of the molecule is Cc1ccccc1-c1sc(N)nc1C=O. The Labute approximate surface area is 91.6 Å². The lowest BCUT2D eigenvalue weighted by Gasteiger charge is -2.01. The summed E-state index contributed by atoms with van der Waals surface area (Å²) in [5, 5.41) is 0.426. The van der Waals surface area contributed by atoms with E-state index in [4.69, 9.17) is 5.73 Å². The van der Waals surface area contributed by atoms with Crippen LogP contribution >= 0.6 is 11.3 Å². The number of carbonyl (C=O) groups is 1. The zero-order chi connectivity index (χ0) is 10.8. The number of nitrogens with zero attached hydrogens (tertiary/aromatic N) is 1. The number of benzene rings is 1. The molecule has 1 aromatic carbocycles. The molecule has 0 amide bonds. The van der Waals surface area contributed by atoms with Crippen LogP contribution in [0.3, 0.4) is 0 Å². The number of anilines is 1. The smallest absolute Gasteiger partial charge is 0.181 e. The highest BCUT2D eigenvalue weighted by molar-refractivity contribution is 7.19. The lowest BCUT2D eigenvalue weighted by molar-refractivity contribution is 0.112. The average Bonchev–Trinajstić information content (AvgIpc) is 2.60. The summed E-state index contributed by atoms with van der Waals surface area (Å²) in [6.07, 6.45) is 0.745. The summed E-state index contributed by atoms with van der Waals surface area (Å²) in [4.78, 5) is 15.6. The molecule has 0 spiro atoms. The Bertz CT molecular complexity index is 505. The molecular weight excluding hydrogens is 208 g/mol. The fraction of sp³-hybridized carbons (Fsp3) is 0.0909. The molecule has 0 bridgehead atoms. The first-order chi connectivity index (χ1) is 7.22. The van der Waals surface area contributed by atoms with Crippen molar-refractivity contribution in [2.24, 2.45) is 0 Å². The third-order valence-electron chi connectivity index (χ3n) is 2.17. The van der Waals surface area contributed by atoms with Crippen molar-refractivity contribution in [3.63, 3.8) is 0 Å². The minimum absolute atomic E-state index is 0.423. The zero-order valence-corrected chi connectivity index (χ0v) is 9.04. The third kappa shape index (κ3) is 1.76. The van der Waals surface area contributed by atoms with E-state index < -0.39 is 0 Å². The molecule has 2 rings (SSSR count). The Morgan fingerprint density at radius 2 is 2.13 bits per heavy atom. The molecule has 0 unspecified atom stereocenters. The monoisotopic (exact) mass is 218 g/mol. The lowest BCUT2D eigenvalue weighted by atomic mass is 10.1. The fourth-order valence-corrected chi connectivity index (χ4v) is 2.34. The van der Waals surface area contributed by atoms with Gasteiger partial charge in [0.25, 0.3) is 0 Å². The maximum absolute atomic E-state index is 10.8. The van der Waals surface area contributed by atoms with Crippen LogP contribution in [0.5, 0.6) is 0 Å². The number of rotatable bonds is 2. The topological polar surface area (TPSA) is 56.0 Å². The number of carbonyl (C=O) groups excluding carboxylic acids is 1. The highest BCUT2D eigenvalue weighted by atomic mass is 32.1. The first kappa shape index (κ1) is 9.86. The molecule has 0 aliphatic rings. The molecule has 0 aliphatic heterocycles. The molecule has 1 aromatic heterocycles. The van der Waals surface area contributed by atoms with Gasteiger partial charge in [0.05, 0.1) is 4.88 Å². The summed E-state index contributed by atoms with van der Waals surface area (Å²) in [6.45, 7) is 2.00. The number of aryl methyl sites for hydroxylation is 1. The summed E-state index contributed by atoms with van der Waals surface area (Å²) in [5.41, 5.74) is 8.15. The van der Waals surface area contributed by atoms with Gasteiger partial charge in [0.15, 0.2) is 11.4 Å². The molecule has 4 heteroatoms. The molecule has 0 saturated heterocycles. The number of aldehydes is 1. The minimum atomic E-state index is 0.423. The standard InChI is InChI=1S/C11H10N2OS/c1-7-4-2-3-5-8(7)10-9(6-14)13-11(12)15-10/h2-6H,1H3,(H2,12,13). The summed E-state index contributed by atoms with van der Waals surface area (Å²) in [6, 6.07) is 7.87. The van der Waals surface area contributed by atoms with Gasteiger partial charge in [0, 0.05) is 0 Å². The minimum Gasteiger partial charge on any atom is -0.375 e. The van der Waals surface area contributed by atoms with Gasteiger partial charge in [-0.25, -0.2) is 4.98 Å². The van der Waals surface area contributed by atoms with Crippen molar-refractivity contribution in [2.75, 3.05) is 5.73 Å². The van der Waals surface area contributed by atoms with E-state index in [0.717, 1.165) is 22.3 Å². The van der Waals surface area contributed by atoms with Gasteiger partial charge in [-0.3, -0.25) is 4.79 Å². The van der Waals surface area contributed by atoms with Crippen molar-refractivity contribution in [1.82, 2.24) is 4.98 Å². The van der Waals surface area contributed by atoms with E-state index in [-0.39, 0.29) is 0 Å². The molecule has 76 valence electrons. The van der Waals surface area contributed by atoms with Crippen molar-refractivity contribution >= 4 is 22.8 Å². The third-order valence-corrected chi connectivity index (χ3v) is 3.10. The van der Waals surface area contributed by atoms with Gasteiger partial charge in [-0.2, -0.15) is 0 Å². The molecule has 0 aliphatic carbocycles. The molecule has 3 nitrogen and oxygen atoms in total. The largest absolute Gasteiger partial charge is 0.375 e. The Morgan fingerprint density at radius 1 is 1.40 bits per heavy atom. The quantitative estimate of drug-likeness (QED) is 0.788. The van der Waals surface area contributed by atoms with Gasteiger partial charge in [-0.1, -0.05) is 35.6 Å². The number of hydrogen-bond acceptors (Lipinski definition) is 4. The average molecular weight is 218 g/mol. The van der Waals surface area contributed by atoms with Crippen LogP contribution < -0.4 is 5.73 Å². The van der Waals surface area contributed by atoms with Gasteiger partial charge >= 0.3 is 0 Å². The number of hydrogen-bond donors (Lipinski definition) is 1. The van der Waals surface area contributed by atoms with Crippen molar-refractivity contribution in [1.29, 1.82) is 0 Å². The van der Waals surface area contributed by atoms with E-state index in [2.05, 4.69) is 4.98 Å². The van der Waals surface area contributed by atoms with E-state index in [9.17, 15) is 4.79 Å². The predicted molar refractivity (Wildman–Crippen MR) is 62.1 cm³/mol. The van der Waals surface area contributed by atoms with Crippen molar-refractivity contribution in [2.45, 2.75) is 6.92 Å². The number of thiazole rings is 1. The summed E-state index contributed by atoms with van der Waals surface area (Å²) in [5.74, 6) is 0. The summed E-state index contributed by atoms with van der Waals surface area (Å²) < 4.78 is 0. The van der Waals surface area contributed by atoms with Crippen molar-refractivity contribution < 1.29 is 4.79 Å². The number of aromatic nitrogens is 1. The second-order valence-corrected chi connectivity index (χ2v) is 4.23. The van der Waals surface area contributed by atoms with E-state index in [1.807, 2.05) is 31.2 Å². The number of nitrogens with two attached hydrogens (primary N) is 1. The van der Waals surface area contributed by atoms with Crippen LogP contribution in [-0.2, 0) is 0 Å². The molecule has 0 radical (unpaired) electrons. The van der Waals surface area contributed by atoms with Crippen molar-refractivity contribution in [3.8, 4) is 10.4 Å². The molecule has 15 heavy (non-hydrogen) atoms. The maximum atomic E-state index is 10.8. The molecule has 2 aromatic rings. The van der Waals surface area contributed by atoms with Crippen LogP contribution in [0.1, 0.15) is 16.1 Å². The van der Waals surface area contributed by atoms with Crippen molar-refractivity contribution in [3.05, 3.63) is 35.5 Å². The fourth-order valence-electron chi connectivity index (χ4n) is 1.45. The van der Waals surface area contributed by atoms with Gasteiger partial charge < -0.3 is 5.73 Å². The van der Waals surface area contributed by atoms with Gasteiger partial charge in [-0.15, -0.1) is 0 Å². The molecule has 0 fully saturated rings. The first-order valence-electron chi connectivity index (χ1n) is 4.50. The summed E-state index contributed by atoms with van der Waals surface area (Å²) >= 11 is 1.34. The van der Waals surface area contributed by atoms with Crippen LogP contribution in [0.4, 0.5) is 5.13 Å². The maximum Gasteiger partial charge on any atom is 0.181 e. The zero-order valence-electron chi connectivity index (χ0n) is 8.23. The van der Waals surface area contributed by atoms with E-state index >= 15 is 0 Å². The predicted octanol–water partition coefficient (Wildman–Crippen LogP) is 2.51. The molecule has 0 saturated carbocycles. The van der Waals surface area contributed by atoms with Gasteiger partial charge in [0.2, 0.25) is 0 Å². The van der Waals surface area contributed by atoms with Crippen LogP contribution in [0, 0.1) is 6.92 Å². The van der Waals surface area contributed by atoms with E-state index in [0.29, 0.717) is 10.8 Å². The Balaban J connectivity index is 2.63. The van der Waals surface area contributed by atoms with Gasteiger partial charge in [0.1, 0.15) is 5.69 Å². The molecule has 2 N–H and O–H groups in total. The highest BCUT2D eigenvalue weighted by Crippen LogP contribution is 2.32. The molecule has 0 atom stereocenters. The second-order valence-electron chi connectivity index (χ2n) is 3.20. The first-order valence-corrected chi connectivity index (χ1v) is 5.31.